The van der Waals surface area contributed by atoms with Gasteiger partial charge in [-0.2, -0.15) is 0 Å². The number of fused-ring (bicyclic) bond motifs is 5. The summed E-state index contributed by atoms with van der Waals surface area (Å²) in [6, 6.07) is 17.1. The van der Waals surface area contributed by atoms with E-state index in [1.54, 1.807) is 7.05 Å². The van der Waals surface area contributed by atoms with Gasteiger partial charge in [-0.25, -0.2) is 4.98 Å². The van der Waals surface area contributed by atoms with Crippen LogP contribution in [-0.4, -0.2) is 60.4 Å². The van der Waals surface area contributed by atoms with E-state index in [9.17, 15) is 0 Å². The molecule has 2 aromatic heterocycles. The van der Waals surface area contributed by atoms with Crippen LogP contribution in [0.15, 0.2) is 53.5 Å². The molecule has 0 unspecified atom stereocenters. The van der Waals surface area contributed by atoms with Crippen molar-refractivity contribution in [1.82, 2.24) is 14.3 Å². The van der Waals surface area contributed by atoms with Crippen LogP contribution < -0.4 is 10.6 Å². The van der Waals surface area contributed by atoms with Gasteiger partial charge in [-0.1, -0.05) is 18.2 Å². The van der Waals surface area contributed by atoms with Crippen LogP contribution in [0.2, 0.25) is 0 Å². The molecular formula is C23H26N6. The fourth-order valence-electron chi connectivity index (χ4n) is 4.33. The Kier molecular flexibility index (Phi) is 4.36. The average molecular weight is 387 g/mol. The largest absolute Gasteiger partial charge is 0.383 e. The number of nitrogens with two attached hydrogens (primary N) is 1. The lowest BCUT2D eigenvalue weighted by Gasteiger charge is -2.23. The molecule has 0 aliphatic carbocycles. The summed E-state index contributed by atoms with van der Waals surface area (Å²) in [4.78, 5) is 14.0. The summed E-state index contributed by atoms with van der Waals surface area (Å²) in [5.41, 5.74) is 12.4. The summed E-state index contributed by atoms with van der Waals surface area (Å²) in [6.45, 7) is 4.36. The third kappa shape index (κ3) is 3.00. The zero-order valence-corrected chi connectivity index (χ0v) is 17.0. The van der Waals surface area contributed by atoms with Gasteiger partial charge in [0.2, 0.25) is 0 Å². The zero-order valence-electron chi connectivity index (χ0n) is 17.0. The minimum Gasteiger partial charge on any atom is -0.383 e. The van der Waals surface area contributed by atoms with Crippen molar-refractivity contribution < 1.29 is 0 Å². The number of rotatable bonds is 2. The number of hydrogen-bond acceptors (Lipinski definition) is 4. The van der Waals surface area contributed by atoms with Crippen LogP contribution in [0, 0.1) is 0 Å². The highest BCUT2D eigenvalue weighted by atomic mass is 15.2. The zero-order chi connectivity index (χ0) is 20.0. The van der Waals surface area contributed by atoms with Gasteiger partial charge < -0.3 is 15.5 Å². The van der Waals surface area contributed by atoms with E-state index in [1.165, 1.54) is 12.1 Å². The Balaban J connectivity index is 1.77. The molecular weight excluding hydrogens is 360 g/mol. The monoisotopic (exact) mass is 386 g/mol. The van der Waals surface area contributed by atoms with Crippen molar-refractivity contribution in [2.75, 3.05) is 45.2 Å². The second-order valence-electron chi connectivity index (χ2n) is 7.81. The number of aliphatic imine (C=N–C) groups is 1. The molecule has 148 valence electrons. The summed E-state index contributed by atoms with van der Waals surface area (Å²) in [5.74, 6) is 0.506. The van der Waals surface area contributed by atoms with E-state index in [2.05, 4.69) is 62.6 Å². The lowest BCUT2D eigenvalue weighted by Crippen LogP contribution is -2.28. The Morgan fingerprint density at radius 1 is 1.00 bits per heavy atom. The molecule has 6 nitrogen and oxygen atoms in total. The number of para-hydroxylation sites is 2. The van der Waals surface area contributed by atoms with Crippen molar-refractivity contribution in [3.63, 3.8) is 0 Å². The highest BCUT2D eigenvalue weighted by Gasteiger charge is 2.17. The molecule has 0 saturated carbocycles. The van der Waals surface area contributed by atoms with Crippen LogP contribution in [0.25, 0.3) is 27.6 Å². The lowest BCUT2D eigenvalue weighted by molar-refractivity contribution is 0.360. The van der Waals surface area contributed by atoms with Gasteiger partial charge in [0.1, 0.15) is 11.5 Å². The van der Waals surface area contributed by atoms with Crippen molar-refractivity contribution in [3.8, 4) is 0 Å². The predicted octanol–water partition coefficient (Wildman–Crippen LogP) is 3.12. The number of benzene rings is 2. The SMILES string of the molecule is CN=C(N)c1cc2ccc(N3CCCN(C)CC3)cc2n2c1nc1ccccc12. The highest BCUT2D eigenvalue weighted by molar-refractivity contribution is 6.08. The first-order valence-electron chi connectivity index (χ1n) is 10.2. The maximum Gasteiger partial charge on any atom is 0.149 e. The molecule has 29 heavy (non-hydrogen) atoms. The standard InChI is InChI=1S/C23H26N6/c1-25-22(24)18-14-16-8-9-17(28-11-5-10-27(2)12-13-28)15-21(16)29-20-7-4-3-6-19(20)26-23(18)29/h3-4,6-9,14-15H,5,10-13H2,1-2H3,(H2,24,25). The molecule has 5 rings (SSSR count). The first kappa shape index (κ1) is 17.9. The Hall–Kier alpha value is -3.12. The van der Waals surface area contributed by atoms with E-state index in [0.29, 0.717) is 5.84 Å². The number of anilines is 1. The van der Waals surface area contributed by atoms with Crippen LogP contribution in [0.5, 0.6) is 0 Å². The second-order valence-corrected chi connectivity index (χ2v) is 7.81. The van der Waals surface area contributed by atoms with Gasteiger partial charge in [0.15, 0.2) is 0 Å². The molecule has 0 spiro atoms. The van der Waals surface area contributed by atoms with Gasteiger partial charge >= 0.3 is 0 Å². The number of nitrogens with zero attached hydrogens (tertiary/aromatic N) is 5. The summed E-state index contributed by atoms with van der Waals surface area (Å²) >= 11 is 0. The maximum absolute atomic E-state index is 6.23. The van der Waals surface area contributed by atoms with Crippen molar-refractivity contribution in [1.29, 1.82) is 0 Å². The lowest BCUT2D eigenvalue weighted by atomic mass is 10.1. The van der Waals surface area contributed by atoms with Crippen LogP contribution in [0.4, 0.5) is 5.69 Å². The van der Waals surface area contributed by atoms with E-state index in [1.807, 2.05) is 12.1 Å². The maximum atomic E-state index is 6.23. The van der Waals surface area contributed by atoms with Gasteiger partial charge in [0, 0.05) is 32.4 Å². The first-order chi connectivity index (χ1) is 14.2. The Bertz CT molecular complexity index is 1240. The van der Waals surface area contributed by atoms with Crippen molar-refractivity contribution in [2.45, 2.75) is 6.42 Å². The molecule has 6 heteroatoms. The van der Waals surface area contributed by atoms with Crippen molar-refractivity contribution >= 4 is 39.1 Å². The number of hydrogen-bond donors (Lipinski definition) is 1. The Morgan fingerprint density at radius 3 is 2.72 bits per heavy atom. The molecule has 4 aromatic rings. The van der Waals surface area contributed by atoms with Gasteiger partial charge in [0.25, 0.3) is 0 Å². The molecule has 0 bridgehead atoms. The van der Waals surface area contributed by atoms with Gasteiger partial charge in [-0.15, -0.1) is 0 Å². The molecule has 1 saturated heterocycles. The quantitative estimate of drug-likeness (QED) is 0.425. The van der Waals surface area contributed by atoms with Crippen LogP contribution in [-0.2, 0) is 0 Å². The van der Waals surface area contributed by atoms with E-state index >= 15 is 0 Å². The highest BCUT2D eigenvalue weighted by Crippen LogP contribution is 2.29. The topological polar surface area (TPSA) is 62.2 Å². The Morgan fingerprint density at radius 2 is 1.86 bits per heavy atom. The molecule has 0 radical (unpaired) electrons. The number of likely N-dealkylation sites (N-methyl/N-ethyl adjacent to an activating group) is 1. The first-order valence-corrected chi connectivity index (χ1v) is 10.2. The Labute approximate surface area is 170 Å². The van der Waals surface area contributed by atoms with Gasteiger partial charge in [-0.3, -0.25) is 9.39 Å². The van der Waals surface area contributed by atoms with E-state index in [4.69, 9.17) is 10.7 Å². The molecule has 0 atom stereocenters. The number of imidazole rings is 1. The summed E-state index contributed by atoms with van der Waals surface area (Å²) in [6.07, 6.45) is 1.18. The molecule has 2 N–H and O–H groups in total. The minimum atomic E-state index is 0.506. The normalized spacial score (nSPS) is 16.8. The summed E-state index contributed by atoms with van der Waals surface area (Å²) in [7, 11) is 3.92. The van der Waals surface area contributed by atoms with Gasteiger partial charge in [0.05, 0.1) is 22.1 Å². The minimum absolute atomic E-state index is 0.506. The number of aromatic nitrogens is 2. The average Bonchev–Trinajstić information content (AvgIpc) is 3.01. The molecule has 0 amide bonds. The van der Waals surface area contributed by atoms with Crippen LogP contribution in [0.3, 0.4) is 0 Å². The molecule has 1 fully saturated rings. The third-order valence-electron chi connectivity index (χ3n) is 5.96. The van der Waals surface area contributed by atoms with Gasteiger partial charge in [-0.05, 0) is 55.7 Å². The van der Waals surface area contributed by atoms with Crippen molar-refractivity contribution in [2.24, 2.45) is 10.7 Å². The van der Waals surface area contributed by atoms with Crippen LogP contribution in [0.1, 0.15) is 12.0 Å². The predicted molar refractivity (Wildman–Crippen MR) is 121 cm³/mol. The molecule has 1 aliphatic heterocycles. The third-order valence-corrected chi connectivity index (χ3v) is 5.96. The fraction of sp³-hybridized carbons (Fsp3) is 0.304. The van der Waals surface area contributed by atoms with Crippen molar-refractivity contribution in [3.05, 3.63) is 54.1 Å². The summed E-state index contributed by atoms with van der Waals surface area (Å²) in [5, 5.41) is 1.14. The summed E-state index contributed by atoms with van der Waals surface area (Å²) < 4.78 is 2.23. The number of amidine groups is 1. The second kappa shape index (κ2) is 7.04. The molecule has 3 heterocycles. The van der Waals surface area contributed by atoms with Crippen LogP contribution >= 0.6 is 0 Å². The molecule has 1 aliphatic rings. The van der Waals surface area contributed by atoms with E-state index in [0.717, 1.165) is 59.3 Å². The smallest absolute Gasteiger partial charge is 0.149 e. The number of pyridine rings is 1. The van der Waals surface area contributed by atoms with E-state index < -0.39 is 0 Å². The van der Waals surface area contributed by atoms with E-state index in [-0.39, 0.29) is 0 Å². The molecule has 2 aromatic carbocycles. The fourth-order valence-corrected chi connectivity index (χ4v) is 4.33.